The van der Waals surface area contributed by atoms with Crippen LogP contribution in [0, 0.1) is 0 Å². The van der Waals surface area contributed by atoms with Gasteiger partial charge in [0.25, 0.3) is 11.8 Å². The third kappa shape index (κ3) is 5.08. The third-order valence-corrected chi connectivity index (χ3v) is 5.52. The first-order valence-corrected chi connectivity index (χ1v) is 10.4. The Morgan fingerprint density at radius 3 is 2.06 bits per heavy atom. The number of imide groups is 1. The number of hydrogen-bond acceptors (Lipinski definition) is 8. The van der Waals surface area contributed by atoms with Crippen LogP contribution in [0.5, 0.6) is 5.75 Å². The Balaban J connectivity index is 1.91. The standard InChI is InChI=1S/C24H26N2O8/c1-31-18-11-7-15(8-12-18)22(28)25(14-21(32-2)33-3)19-13-20(27)26(23(19)29)17-9-5-16(6-10-17)24(30)34-4/h5-12,19,21H,13-14H2,1-4H3. The quantitative estimate of drug-likeness (QED) is 0.310. The van der Waals surface area contributed by atoms with Crippen LogP contribution in [0.4, 0.5) is 5.69 Å². The molecule has 0 aliphatic carbocycles. The van der Waals surface area contributed by atoms with E-state index in [1.807, 2.05) is 0 Å². The number of methoxy groups -OCH3 is 4. The molecule has 1 heterocycles. The van der Waals surface area contributed by atoms with Gasteiger partial charge in [-0.1, -0.05) is 0 Å². The molecule has 0 N–H and O–H groups in total. The molecule has 1 aliphatic rings. The Morgan fingerprint density at radius 1 is 0.941 bits per heavy atom. The van der Waals surface area contributed by atoms with E-state index in [1.165, 1.54) is 57.6 Å². The summed E-state index contributed by atoms with van der Waals surface area (Å²) in [6, 6.07) is 11.2. The molecule has 10 nitrogen and oxygen atoms in total. The summed E-state index contributed by atoms with van der Waals surface area (Å²) in [5.74, 6) is -1.47. The van der Waals surface area contributed by atoms with Gasteiger partial charge in [-0.25, -0.2) is 9.69 Å². The molecular weight excluding hydrogens is 444 g/mol. The molecule has 180 valence electrons. The number of esters is 1. The van der Waals surface area contributed by atoms with E-state index in [2.05, 4.69) is 4.74 Å². The fourth-order valence-electron chi connectivity index (χ4n) is 3.65. The van der Waals surface area contributed by atoms with Gasteiger partial charge in [-0.3, -0.25) is 14.4 Å². The molecule has 0 radical (unpaired) electrons. The molecule has 1 unspecified atom stereocenters. The van der Waals surface area contributed by atoms with Gasteiger partial charge in [0.1, 0.15) is 11.8 Å². The van der Waals surface area contributed by atoms with Crippen molar-refractivity contribution in [3.8, 4) is 5.75 Å². The topological polar surface area (TPSA) is 112 Å². The zero-order chi connectivity index (χ0) is 24.8. The first-order valence-electron chi connectivity index (χ1n) is 10.4. The first kappa shape index (κ1) is 24.9. The number of carbonyl (C=O) groups is 4. The van der Waals surface area contributed by atoms with Crippen molar-refractivity contribution in [3.63, 3.8) is 0 Å². The Labute approximate surface area is 196 Å². The molecule has 1 aliphatic heterocycles. The molecule has 1 saturated heterocycles. The Morgan fingerprint density at radius 2 is 1.53 bits per heavy atom. The summed E-state index contributed by atoms with van der Waals surface area (Å²) in [5.41, 5.74) is 0.881. The number of amides is 3. The predicted octanol–water partition coefficient (Wildman–Crippen LogP) is 1.87. The maximum Gasteiger partial charge on any atom is 0.337 e. The maximum absolute atomic E-state index is 13.4. The highest BCUT2D eigenvalue weighted by Gasteiger charge is 2.45. The lowest BCUT2D eigenvalue weighted by molar-refractivity contribution is -0.128. The molecule has 3 amide bonds. The van der Waals surface area contributed by atoms with Crippen molar-refractivity contribution in [3.05, 3.63) is 59.7 Å². The molecular formula is C24H26N2O8. The predicted molar refractivity (Wildman–Crippen MR) is 121 cm³/mol. The minimum absolute atomic E-state index is 0.0728. The second-order valence-corrected chi connectivity index (χ2v) is 7.41. The maximum atomic E-state index is 13.4. The third-order valence-electron chi connectivity index (χ3n) is 5.52. The monoisotopic (exact) mass is 470 g/mol. The van der Waals surface area contributed by atoms with Crippen LogP contribution in [0.25, 0.3) is 0 Å². The molecule has 1 atom stereocenters. The van der Waals surface area contributed by atoms with Crippen molar-refractivity contribution in [2.45, 2.75) is 18.8 Å². The van der Waals surface area contributed by atoms with Gasteiger partial charge in [-0.05, 0) is 48.5 Å². The lowest BCUT2D eigenvalue weighted by atomic mass is 10.1. The van der Waals surface area contributed by atoms with Crippen LogP contribution in [-0.2, 0) is 23.8 Å². The summed E-state index contributed by atoms with van der Waals surface area (Å²) in [4.78, 5) is 53.5. The molecule has 3 rings (SSSR count). The Kier molecular flexibility index (Phi) is 7.98. The van der Waals surface area contributed by atoms with E-state index in [-0.39, 0.29) is 24.2 Å². The van der Waals surface area contributed by atoms with Gasteiger partial charge >= 0.3 is 5.97 Å². The largest absolute Gasteiger partial charge is 0.497 e. The SMILES string of the molecule is COC(=O)c1ccc(N2C(=O)CC(N(CC(OC)OC)C(=O)c3ccc(OC)cc3)C2=O)cc1. The minimum Gasteiger partial charge on any atom is -0.497 e. The Bertz CT molecular complexity index is 1050. The highest BCUT2D eigenvalue weighted by atomic mass is 16.7. The smallest absolute Gasteiger partial charge is 0.337 e. The molecule has 2 aromatic carbocycles. The molecule has 0 aromatic heterocycles. The number of nitrogens with zero attached hydrogens (tertiary/aromatic N) is 2. The second kappa shape index (κ2) is 10.9. The number of anilines is 1. The Hall–Kier alpha value is -3.76. The van der Waals surface area contributed by atoms with Crippen molar-refractivity contribution in [2.75, 3.05) is 39.9 Å². The molecule has 10 heteroatoms. The van der Waals surface area contributed by atoms with Crippen LogP contribution in [0.3, 0.4) is 0 Å². The summed E-state index contributed by atoms with van der Waals surface area (Å²) < 4.78 is 20.3. The lowest BCUT2D eigenvalue weighted by Gasteiger charge is -2.30. The molecule has 34 heavy (non-hydrogen) atoms. The van der Waals surface area contributed by atoms with Gasteiger partial charge in [0, 0.05) is 19.8 Å². The summed E-state index contributed by atoms with van der Waals surface area (Å²) in [6.45, 7) is -0.0728. The molecule has 0 bridgehead atoms. The van der Waals surface area contributed by atoms with Gasteiger partial charge in [0.15, 0.2) is 6.29 Å². The van der Waals surface area contributed by atoms with Crippen LogP contribution in [0.2, 0.25) is 0 Å². The number of rotatable bonds is 9. The van der Waals surface area contributed by atoms with E-state index in [4.69, 9.17) is 14.2 Å². The number of ether oxygens (including phenoxy) is 4. The fourth-order valence-corrected chi connectivity index (χ4v) is 3.65. The van der Waals surface area contributed by atoms with Gasteiger partial charge in [0.05, 0.1) is 38.4 Å². The van der Waals surface area contributed by atoms with Crippen molar-refractivity contribution >= 4 is 29.4 Å². The van der Waals surface area contributed by atoms with Crippen LogP contribution in [0.15, 0.2) is 48.5 Å². The summed E-state index contributed by atoms with van der Waals surface area (Å²) in [6.07, 6.45) is -1.02. The average molecular weight is 470 g/mol. The van der Waals surface area contributed by atoms with Crippen LogP contribution >= 0.6 is 0 Å². The van der Waals surface area contributed by atoms with E-state index in [1.54, 1.807) is 24.3 Å². The van der Waals surface area contributed by atoms with E-state index in [0.717, 1.165) is 4.90 Å². The fraction of sp³-hybridized carbons (Fsp3) is 0.333. The zero-order valence-corrected chi connectivity index (χ0v) is 19.3. The summed E-state index contributed by atoms with van der Waals surface area (Å²) >= 11 is 0. The van der Waals surface area contributed by atoms with Gasteiger partial charge in [0.2, 0.25) is 5.91 Å². The van der Waals surface area contributed by atoms with Crippen molar-refractivity contribution < 1.29 is 38.1 Å². The number of benzene rings is 2. The van der Waals surface area contributed by atoms with Crippen molar-refractivity contribution in [2.24, 2.45) is 0 Å². The highest BCUT2D eigenvalue weighted by Crippen LogP contribution is 2.28. The van der Waals surface area contributed by atoms with Crippen molar-refractivity contribution in [1.82, 2.24) is 4.90 Å². The van der Waals surface area contributed by atoms with Crippen LogP contribution in [-0.4, -0.2) is 75.9 Å². The normalized spacial score (nSPS) is 15.6. The second-order valence-electron chi connectivity index (χ2n) is 7.41. The van der Waals surface area contributed by atoms with Gasteiger partial charge in [-0.15, -0.1) is 0 Å². The van der Waals surface area contributed by atoms with E-state index in [9.17, 15) is 19.2 Å². The van der Waals surface area contributed by atoms with Crippen LogP contribution < -0.4 is 9.64 Å². The van der Waals surface area contributed by atoms with Crippen molar-refractivity contribution in [1.29, 1.82) is 0 Å². The summed E-state index contributed by atoms with van der Waals surface area (Å²) in [5, 5.41) is 0. The minimum atomic E-state index is -1.06. The highest BCUT2D eigenvalue weighted by molar-refractivity contribution is 6.23. The van der Waals surface area contributed by atoms with E-state index < -0.39 is 36.0 Å². The zero-order valence-electron chi connectivity index (χ0n) is 19.3. The van der Waals surface area contributed by atoms with Gasteiger partial charge in [-0.2, -0.15) is 0 Å². The summed E-state index contributed by atoms with van der Waals surface area (Å²) in [7, 11) is 5.61. The first-order chi connectivity index (χ1) is 16.3. The molecule has 0 spiro atoms. The van der Waals surface area contributed by atoms with Gasteiger partial charge < -0.3 is 23.8 Å². The molecule has 2 aromatic rings. The average Bonchev–Trinajstić information content (AvgIpc) is 3.17. The molecule has 0 saturated carbocycles. The number of hydrogen-bond donors (Lipinski definition) is 0. The lowest BCUT2D eigenvalue weighted by Crippen LogP contribution is -2.49. The van der Waals surface area contributed by atoms with Crippen LogP contribution in [0.1, 0.15) is 27.1 Å². The van der Waals surface area contributed by atoms with E-state index in [0.29, 0.717) is 11.3 Å². The van der Waals surface area contributed by atoms with E-state index >= 15 is 0 Å². The molecule has 1 fully saturated rings. The number of carbonyl (C=O) groups excluding carboxylic acids is 4.